The Morgan fingerprint density at radius 2 is 1.77 bits per heavy atom. The van der Waals surface area contributed by atoms with Gasteiger partial charge in [-0.25, -0.2) is 4.98 Å². The van der Waals surface area contributed by atoms with Crippen LogP contribution in [0.4, 0.5) is 0 Å². The third-order valence-corrected chi connectivity index (χ3v) is 1.18. The highest BCUT2D eigenvalue weighted by molar-refractivity contribution is 5.06. The molecule has 3 nitrogen and oxygen atoms in total. The number of rotatable bonds is 1. The van der Waals surface area contributed by atoms with Gasteiger partial charge in [-0.3, -0.25) is 0 Å². The Bertz CT molecular complexity index is 195. The zero-order valence-electron chi connectivity index (χ0n) is 9.46. The van der Waals surface area contributed by atoms with Crippen LogP contribution < -0.4 is 0 Å². The zero-order chi connectivity index (χ0) is 10.9. The van der Waals surface area contributed by atoms with E-state index in [9.17, 15) is 0 Å². The van der Waals surface area contributed by atoms with Crippen LogP contribution in [0.2, 0.25) is 0 Å². The van der Waals surface area contributed by atoms with Gasteiger partial charge in [0.25, 0.3) is 0 Å². The van der Waals surface area contributed by atoms with E-state index in [0.717, 1.165) is 0 Å². The summed E-state index contributed by atoms with van der Waals surface area (Å²) in [5.74, 6) is 0.685. The van der Waals surface area contributed by atoms with Gasteiger partial charge in [-0.2, -0.15) is 0 Å². The van der Waals surface area contributed by atoms with E-state index in [1.165, 1.54) is 6.39 Å². The molecule has 0 aliphatic heterocycles. The average molecular weight is 187 g/mol. The molecule has 0 aromatic carbocycles. The molecule has 0 spiro atoms. The van der Waals surface area contributed by atoms with Gasteiger partial charge in [0.1, 0.15) is 11.5 Å². The highest BCUT2D eigenvalue weighted by Gasteiger charge is 2.07. The fraction of sp³-hybridized carbons (Fsp3) is 0.700. The van der Waals surface area contributed by atoms with Crippen molar-refractivity contribution in [3.05, 3.63) is 17.8 Å². The van der Waals surface area contributed by atoms with Crippen LogP contribution in [0.5, 0.6) is 0 Å². The Morgan fingerprint density at radius 3 is 1.92 bits per heavy atom. The topological polar surface area (TPSA) is 46.3 Å². The van der Waals surface area contributed by atoms with Crippen LogP contribution in [-0.4, -0.2) is 10.1 Å². The fourth-order valence-electron chi connectivity index (χ4n) is 0.715. The lowest BCUT2D eigenvalue weighted by molar-refractivity contribution is 0.193. The average Bonchev–Trinajstić information content (AvgIpc) is 2.58. The molecule has 0 aliphatic carbocycles. The predicted octanol–water partition coefficient (Wildman–Crippen LogP) is 3.09. The third-order valence-electron chi connectivity index (χ3n) is 1.18. The minimum atomic E-state index is -0.524. The number of aliphatic hydroxyl groups excluding tert-OH is 1. The highest BCUT2D eigenvalue weighted by atomic mass is 16.3. The molecule has 1 aromatic rings. The maximum atomic E-state index is 8.97. The van der Waals surface area contributed by atoms with E-state index < -0.39 is 6.10 Å². The van der Waals surface area contributed by atoms with E-state index >= 15 is 0 Å². The number of hydrogen-bond donors (Lipinski definition) is 1. The first-order chi connectivity index (χ1) is 6.22. The van der Waals surface area contributed by atoms with E-state index in [4.69, 9.17) is 9.52 Å². The molecule has 0 saturated carbocycles. The van der Waals surface area contributed by atoms with Crippen molar-refractivity contribution < 1.29 is 9.52 Å². The molecule has 0 radical (unpaired) electrons. The normalized spacial score (nSPS) is 10.4. The summed E-state index contributed by atoms with van der Waals surface area (Å²) in [6, 6.07) is 0. The summed E-state index contributed by atoms with van der Waals surface area (Å²) in [4.78, 5) is 3.80. The van der Waals surface area contributed by atoms with Crippen molar-refractivity contribution >= 4 is 0 Å². The molecular formula is C10H21NO2. The lowest BCUT2D eigenvalue weighted by Gasteiger charge is -1.96. The van der Waals surface area contributed by atoms with Gasteiger partial charge < -0.3 is 9.52 Å². The summed E-state index contributed by atoms with van der Waals surface area (Å²) < 4.78 is 4.85. The van der Waals surface area contributed by atoms with E-state index in [-0.39, 0.29) is 0 Å². The summed E-state index contributed by atoms with van der Waals surface area (Å²) in [5.41, 5.74) is 0.620. The van der Waals surface area contributed by atoms with Crippen molar-refractivity contribution in [3.8, 4) is 0 Å². The molecule has 1 N–H and O–H groups in total. The van der Waals surface area contributed by atoms with Crippen molar-refractivity contribution in [2.24, 2.45) is 0 Å². The first-order valence-electron chi connectivity index (χ1n) is 4.80. The maximum absolute atomic E-state index is 8.97. The summed E-state index contributed by atoms with van der Waals surface area (Å²) in [6.07, 6.45) is 0.806. The third kappa shape index (κ3) is 5.42. The van der Waals surface area contributed by atoms with E-state index in [1.54, 1.807) is 13.8 Å². The van der Waals surface area contributed by atoms with Crippen LogP contribution in [0.25, 0.3) is 0 Å². The molecule has 0 aliphatic rings. The van der Waals surface area contributed by atoms with Crippen LogP contribution in [0, 0.1) is 6.92 Å². The summed E-state index contributed by atoms with van der Waals surface area (Å²) >= 11 is 0. The lowest BCUT2D eigenvalue weighted by Crippen LogP contribution is -1.92. The number of hydrogen-bond acceptors (Lipinski definition) is 3. The maximum Gasteiger partial charge on any atom is 0.181 e. The summed E-state index contributed by atoms with van der Waals surface area (Å²) in [5, 5.41) is 8.97. The Kier molecular flexibility index (Phi) is 10.5. The van der Waals surface area contributed by atoms with Gasteiger partial charge in [0.2, 0.25) is 0 Å². The van der Waals surface area contributed by atoms with Gasteiger partial charge in [0.05, 0.1) is 6.10 Å². The zero-order valence-corrected chi connectivity index (χ0v) is 9.46. The second-order valence-electron chi connectivity index (χ2n) is 1.97. The van der Waals surface area contributed by atoms with Gasteiger partial charge in [-0.1, -0.05) is 27.7 Å². The van der Waals surface area contributed by atoms with Crippen LogP contribution in [0.1, 0.15) is 52.2 Å². The fourth-order valence-corrected chi connectivity index (χ4v) is 0.715. The SMILES string of the molecule is CC.CC.Cc1ocnc1C(C)O. The molecule has 0 saturated heterocycles. The van der Waals surface area contributed by atoms with Crippen molar-refractivity contribution in [1.82, 2.24) is 4.98 Å². The van der Waals surface area contributed by atoms with E-state index in [0.29, 0.717) is 11.5 Å². The standard InChI is InChI=1S/C6H9NO2.2C2H6/c1-4(8)6-5(2)9-3-7-6;2*1-2/h3-4,8H,1-2H3;2*1-2H3. The van der Waals surface area contributed by atoms with Gasteiger partial charge in [0, 0.05) is 0 Å². The van der Waals surface area contributed by atoms with Gasteiger partial charge in [-0.15, -0.1) is 0 Å². The predicted molar refractivity (Wildman–Crippen MR) is 54.6 cm³/mol. The van der Waals surface area contributed by atoms with E-state index in [1.807, 2.05) is 27.7 Å². The van der Waals surface area contributed by atoms with Gasteiger partial charge >= 0.3 is 0 Å². The second kappa shape index (κ2) is 9.26. The Labute approximate surface area is 80.8 Å². The Balaban J connectivity index is 0. The van der Waals surface area contributed by atoms with Crippen LogP contribution in [0.15, 0.2) is 10.8 Å². The molecule has 3 heteroatoms. The molecule has 1 unspecified atom stereocenters. The molecule has 1 heterocycles. The number of aliphatic hydroxyl groups is 1. The minimum Gasteiger partial charge on any atom is -0.448 e. The van der Waals surface area contributed by atoms with Crippen LogP contribution >= 0.6 is 0 Å². The number of nitrogens with zero attached hydrogens (tertiary/aromatic N) is 1. The second-order valence-corrected chi connectivity index (χ2v) is 1.97. The minimum absolute atomic E-state index is 0.524. The molecule has 13 heavy (non-hydrogen) atoms. The van der Waals surface area contributed by atoms with Gasteiger partial charge in [-0.05, 0) is 13.8 Å². The van der Waals surface area contributed by atoms with E-state index in [2.05, 4.69) is 4.98 Å². The van der Waals surface area contributed by atoms with Crippen molar-refractivity contribution in [2.75, 3.05) is 0 Å². The largest absolute Gasteiger partial charge is 0.448 e. The summed E-state index contributed by atoms with van der Waals surface area (Å²) in [7, 11) is 0. The smallest absolute Gasteiger partial charge is 0.181 e. The molecule has 1 aromatic heterocycles. The monoisotopic (exact) mass is 187 g/mol. The lowest BCUT2D eigenvalue weighted by atomic mass is 10.2. The highest BCUT2D eigenvalue weighted by Crippen LogP contribution is 2.13. The molecule has 1 atom stereocenters. The molecule has 1 rings (SSSR count). The molecular weight excluding hydrogens is 166 g/mol. The number of aryl methyl sites for hydroxylation is 1. The van der Waals surface area contributed by atoms with Crippen molar-refractivity contribution in [3.63, 3.8) is 0 Å². The van der Waals surface area contributed by atoms with Crippen molar-refractivity contribution in [2.45, 2.75) is 47.6 Å². The Hall–Kier alpha value is -0.830. The van der Waals surface area contributed by atoms with Gasteiger partial charge in [0.15, 0.2) is 6.39 Å². The first kappa shape index (κ1) is 14.7. The molecule has 0 bridgehead atoms. The molecule has 0 amide bonds. The summed E-state index contributed by atoms with van der Waals surface area (Å²) in [6.45, 7) is 11.4. The van der Waals surface area contributed by atoms with Crippen LogP contribution in [-0.2, 0) is 0 Å². The van der Waals surface area contributed by atoms with Crippen LogP contribution in [0.3, 0.4) is 0 Å². The molecule has 78 valence electrons. The number of oxazole rings is 1. The first-order valence-corrected chi connectivity index (χ1v) is 4.80. The molecule has 0 fully saturated rings. The quantitative estimate of drug-likeness (QED) is 0.734. The van der Waals surface area contributed by atoms with Crippen molar-refractivity contribution in [1.29, 1.82) is 0 Å². The number of aromatic nitrogens is 1. The Morgan fingerprint density at radius 1 is 1.31 bits per heavy atom.